The van der Waals surface area contributed by atoms with E-state index < -0.39 is 10.0 Å². The van der Waals surface area contributed by atoms with E-state index in [1.54, 1.807) is 12.1 Å². The van der Waals surface area contributed by atoms with Crippen LogP contribution in [0.15, 0.2) is 29.2 Å². The third-order valence-corrected chi connectivity index (χ3v) is 5.76. The monoisotopic (exact) mass is 330 g/mol. The van der Waals surface area contributed by atoms with Crippen molar-refractivity contribution in [1.82, 2.24) is 9.62 Å². The number of likely N-dealkylation sites (tertiary alicyclic amines) is 1. The van der Waals surface area contributed by atoms with Gasteiger partial charge in [0, 0.05) is 17.6 Å². The molecule has 0 bridgehead atoms. The molecular formula is C15H23ClN2O2S. The Morgan fingerprint density at radius 3 is 2.33 bits per heavy atom. The summed E-state index contributed by atoms with van der Waals surface area (Å²) in [5.74, 6) is 0.419. The minimum absolute atomic E-state index is 0.270. The summed E-state index contributed by atoms with van der Waals surface area (Å²) in [5.41, 5.74) is 0. The maximum atomic E-state index is 12.2. The van der Waals surface area contributed by atoms with Crippen molar-refractivity contribution in [2.24, 2.45) is 5.92 Å². The summed E-state index contributed by atoms with van der Waals surface area (Å²) in [6, 6.07) is 6.82. The van der Waals surface area contributed by atoms with Crippen LogP contribution in [0.1, 0.15) is 26.7 Å². The van der Waals surface area contributed by atoms with E-state index in [4.69, 9.17) is 11.6 Å². The molecule has 0 spiro atoms. The number of hydrogen-bond donors (Lipinski definition) is 1. The molecule has 1 N–H and O–H groups in total. The van der Waals surface area contributed by atoms with E-state index >= 15 is 0 Å². The Hall–Kier alpha value is -0.620. The highest BCUT2D eigenvalue weighted by atomic mass is 35.5. The van der Waals surface area contributed by atoms with Crippen molar-refractivity contribution in [2.45, 2.75) is 37.6 Å². The van der Waals surface area contributed by atoms with Gasteiger partial charge in [-0.05, 0) is 70.0 Å². The van der Waals surface area contributed by atoms with Crippen molar-refractivity contribution in [3.05, 3.63) is 29.3 Å². The van der Waals surface area contributed by atoms with Crippen LogP contribution in [0, 0.1) is 5.92 Å². The number of piperidine rings is 1. The Kier molecular flexibility index (Phi) is 5.66. The summed E-state index contributed by atoms with van der Waals surface area (Å²) in [6.07, 6.45) is 2.09. The lowest BCUT2D eigenvalue weighted by atomic mass is 9.96. The summed E-state index contributed by atoms with van der Waals surface area (Å²) in [7, 11) is -3.43. The van der Waals surface area contributed by atoms with Gasteiger partial charge in [0.25, 0.3) is 0 Å². The Morgan fingerprint density at radius 1 is 1.24 bits per heavy atom. The molecule has 4 nitrogen and oxygen atoms in total. The van der Waals surface area contributed by atoms with Crippen LogP contribution in [-0.4, -0.2) is 39.0 Å². The van der Waals surface area contributed by atoms with Crippen molar-refractivity contribution in [3.63, 3.8) is 0 Å². The first-order chi connectivity index (χ1) is 9.88. The molecule has 0 aliphatic carbocycles. The standard InChI is InChI=1S/C15H23ClN2O2S/c1-12(2)18-9-7-13(8-10-18)11-17-21(19,20)15-5-3-14(16)4-6-15/h3-6,12-13,17H,7-11H2,1-2H3. The topological polar surface area (TPSA) is 49.4 Å². The van der Waals surface area contributed by atoms with E-state index in [0.717, 1.165) is 25.9 Å². The van der Waals surface area contributed by atoms with Gasteiger partial charge in [0.05, 0.1) is 4.90 Å². The molecule has 1 heterocycles. The van der Waals surface area contributed by atoms with Gasteiger partial charge in [-0.3, -0.25) is 0 Å². The highest BCUT2D eigenvalue weighted by Crippen LogP contribution is 2.19. The second kappa shape index (κ2) is 7.09. The average molecular weight is 331 g/mol. The maximum Gasteiger partial charge on any atom is 0.240 e. The van der Waals surface area contributed by atoms with Crippen molar-refractivity contribution in [1.29, 1.82) is 0 Å². The third-order valence-electron chi connectivity index (χ3n) is 4.07. The van der Waals surface area contributed by atoms with Crippen LogP contribution >= 0.6 is 11.6 Å². The summed E-state index contributed by atoms with van der Waals surface area (Å²) in [5, 5.41) is 0.537. The van der Waals surface area contributed by atoms with E-state index in [1.807, 2.05) is 0 Å². The number of nitrogens with one attached hydrogen (secondary N) is 1. The van der Waals surface area contributed by atoms with Crippen LogP contribution in [0.25, 0.3) is 0 Å². The molecule has 1 fully saturated rings. The first-order valence-corrected chi connectivity index (χ1v) is 9.24. The number of hydrogen-bond acceptors (Lipinski definition) is 3. The van der Waals surface area contributed by atoms with E-state index in [2.05, 4.69) is 23.5 Å². The molecule has 1 aromatic carbocycles. The SMILES string of the molecule is CC(C)N1CCC(CNS(=O)(=O)c2ccc(Cl)cc2)CC1. The highest BCUT2D eigenvalue weighted by Gasteiger charge is 2.22. The highest BCUT2D eigenvalue weighted by molar-refractivity contribution is 7.89. The van der Waals surface area contributed by atoms with Crippen LogP contribution in [0.4, 0.5) is 0 Å². The smallest absolute Gasteiger partial charge is 0.240 e. The molecule has 118 valence electrons. The molecule has 0 amide bonds. The van der Waals surface area contributed by atoms with Gasteiger partial charge in [0.15, 0.2) is 0 Å². The number of sulfonamides is 1. The fourth-order valence-corrected chi connectivity index (χ4v) is 3.84. The van der Waals surface area contributed by atoms with Gasteiger partial charge in [-0.25, -0.2) is 13.1 Å². The molecule has 1 saturated heterocycles. The zero-order valence-electron chi connectivity index (χ0n) is 12.5. The molecule has 21 heavy (non-hydrogen) atoms. The number of benzene rings is 1. The average Bonchev–Trinajstić information content (AvgIpc) is 2.46. The van der Waals surface area contributed by atoms with Crippen LogP contribution in [-0.2, 0) is 10.0 Å². The lowest BCUT2D eigenvalue weighted by Crippen LogP contribution is -2.41. The Balaban J connectivity index is 1.87. The van der Waals surface area contributed by atoms with Crippen LogP contribution < -0.4 is 4.72 Å². The minimum Gasteiger partial charge on any atom is -0.301 e. The Labute approximate surface area is 132 Å². The zero-order valence-corrected chi connectivity index (χ0v) is 14.1. The number of nitrogens with zero attached hydrogens (tertiary/aromatic N) is 1. The fraction of sp³-hybridized carbons (Fsp3) is 0.600. The van der Waals surface area contributed by atoms with E-state index in [9.17, 15) is 8.42 Å². The molecule has 0 radical (unpaired) electrons. The summed E-state index contributed by atoms with van der Waals surface area (Å²) >= 11 is 5.78. The lowest BCUT2D eigenvalue weighted by Gasteiger charge is -2.34. The summed E-state index contributed by atoms with van der Waals surface area (Å²) in [6.45, 7) is 7.00. The van der Waals surface area contributed by atoms with Crippen molar-refractivity contribution >= 4 is 21.6 Å². The molecule has 0 atom stereocenters. The predicted molar refractivity (Wildman–Crippen MR) is 86.1 cm³/mol. The Bertz CT molecular complexity index is 550. The zero-order chi connectivity index (χ0) is 15.5. The largest absolute Gasteiger partial charge is 0.301 e. The third kappa shape index (κ3) is 4.68. The first kappa shape index (κ1) is 16.7. The molecule has 1 aliphatic rings. The van der Waals surface area contributed by atoms with E-state index in [1.165, 1.54) is 12.1 Å². The second-order valence-electron chi connectivity index (χ2n) is 5.88. The van der Waals surface area contributed by atoms with E-state index in [0.29, 0.717) is 23.5 Å². The van der Waals surface area contributed by atoms with Crippen LogP contribution in [0.2, 0.25) is 5.02 Å². The molecule has 0 saturated carbocycles. The normalized spacial score (nSPS) is 18.3. The molecule has 0 unspecified atom stereocenters. The van der Waals surface area contributed by atoms with Gasteiger partial charge in [0.1, 0.15) is 0 Å². The predicted octanol–water partition coefficient (Wildman–Crippen LogP) is 2.74. The minimum atomic E-state index is -3.43. The van der Waals surface area contributed by atoms with E-state index in [-0.39, 0.29) is 4.90 Å². The van der Waals surface area contributed by atoms with Crippen molar-refractivity contribution in [3.8, 4) is 0 Å². The summed E-state index contributed by atoms with van der Waals surface area (Å²) < 4.78 is 27.1. The van der Waals surface area contributed by atoms with Gasteiger partial charge in [0.2, 0.25) is 10.0 Å². The van der Waals surface area contributed by atoms with Gasteiger partial charge in [-0.2, -0.15) is 0 Å². The lowest BCUT2D eigenvalue weighted by molar-refractivity contribution is 0.151. The first-order valence-electron chi connectivity index (χ1n) is 7.38. The molecule has 2 rings (SSSR count). The summed E-state index contributed by atoms with van der Waals surface area (Å²) in [4.78, 5) is 2.70. The Morgan fingerprint density at radius 2 is 1.81 bits per heavy atom. The van der Waals surface area contributed by atoms with Gasteiger partial charge in [-0.15, -0.1) is 0 Å². The quantitative estimate of drug-likeness (QED) is 0.903. The van der Waals surface area contributed by atoms with Crippen molar-refractivity contribution in [2.75, 3.05) is 19.6 Å². The second-order valence-corrected chi connectivity index (χ2v) is 8.08. The molecule has 1 aromatic rings. The molecule has 0 aromatic heterocycles. The van der Waals surface area contributed by atoms with Crippen LogP contribution in [0.3, 0.4) is 0 Å². The molecule has 6 heteroatoms. The van der Waals surface area contributed by atoms with Crippen molar-refractivity contribution < 1.29 is 8.42 Å². The van der Waals surface area contributed by atoms with Gasteiger partial charge < -0.3 is 4.90 Å². The fourth-order valence-electron chi connectivity index (χ4n) is 2.60. The molecular weight excluding hydrogens is 308 g/mol. The maximum absolute atomic E-state index is 12.2. The number of halogens is 1. The van der Waals surface area contributed by atoms with Gasteiger partial charge in [-0.1, -0.05) is 11.6 Å². The van der Waals surface area contributed by atoms with Crippen LogP contribution in [0.5, 0.6) is 0 Å². The molecule has 1 aliphatic heterocycles. The van der Waals surface area contributed by atoms with Gasteiger partial charge >= 0.3 is 0 Å². The number of rotatable bonds is 5.